The van der Waals surface area contributed by atoms with E-state index in [1.807, 2.05) is 0 Å². The number of hydrogen-bond donors (Lipinski definition) is 0. The standard InChI is InChI=1S/C56H108O6/c1-6-9-10-11-12-13-14-15-16-17-21-24-27-30-36-41-46-54(57)60-49-53(50-61-55(58)47-42-37-33-32-35-40-45-52(5)8-3)62-56(59)48-43-38-31-28-25-22-19-18-20-23-26-29-34-39-44-51(4)7-2/h51-53H,6-50H2,1-5H3/t51?,52?,53-/m1/s1. The topological polar surface area (TPSA) is 78.9 Å². The van der Waals surface area contributed by atoms with E-state index in [-0.39, 0.29) is 31.1 Å². The molecule has 6 nitrogen and oxygen atoms in total. The SMILES string of the molecule is CCCCCCCCCCCCCCCCCCC(=O)OC[C@H](COC(=O)CCCCCCCCC(C)CC)OC(=O)CCCCCCCCCCCCCCCCC(C)CC. The summed E-state index contributed by atoms with van der Waals surface area (Å²) in [5, 5.41) is 0. The first-order chi connectivity index (χ1) is 30.3. The fraction of sp³-hybridized carbons (Fsp3) is 0.946. The summed E-state index contributed by atoms with van der Waals surface area (Å²) in [6.07, 6.45) is 50.9. The van der Waals surface area contributed by atoms with Crippen molar-refractivity contribution in [2.45, 2.75) is 317 Å². The lowest BCUT2D eigenvalue weighted by Gasteiger charge is -2.18. The van der Waals surface area contributed by atoms with Crippen LogP contribution in [0.25, 0.3) is 0 Å². The fourth-order valence-electron chi connectivity index (χ4n) is 8.46. The van der Waals surface area contributed by atoms with Crippen LogP contribution in [0.15, 0.2) is 0 Å². The van der Waals surface area contributed by atoms with Crippen molar-refractivity contribution in [3.63, 3.8) is 0 Å². The van der Waals surface area contributed by atoms with Gasteiger partial charge in [-0.3, -0.25) is 14.4 Å². The first-order valence-corrected chi connectivity index (χ1v) is 27.8. The molecule has 0 spiro atoms. The predicted molar refractivity (Wildman–Crippen MR) is 266 cm³/mol. The highest BCUT2D eigenvalue weighted by molar-refractivity contribution is 5.71. The van der Waals surface area contributed by atoms with E-state index < -0.39 is 6.10 Å². The average Bonchev–Trinajstić information content (AvgIpc) is 3.27. The molecule has 0 aliphatic carbocycles. The second-order valence-electron chi connectivity index (χ2n) is 19.7. The maximum Gasteiger partial charge on any atom is 0.306 e. The molecule has 2 unspecified atom stereocenters. The monoisotopic (exact) mass is 877 g/mol. The van der Waals surface area contributed by atoms with Gasteiger partial charge in [-0.05, 0) is 31.1 Å². The number of rotatable bonds is 50. The van der Waals surface area contributed by atoms with E-state index in [4.69, 9.17) is 14.2 Å². The van der Waals surface area contributed by atoms with Gasteiger partial charge in [0.25, 0.3) is 0 Å². The minimum atomic E-state index is -0.763. The molecule has 0 fully saturated rings. The molecule has 0 rings (SSSR count). The first-order valence-electron chi connectivity index (χ1n) is 27.8. The van der Waals surface area contributed by atoms with Crippen LogP contribution in [-0.2, 0) is 28.6 Å². The summed E-state index contributed by atoms with van der Waals surface area (Å²) in [5.41, 5.74) is 0. The van der Waals surface area contributed by atoms with Crippen LogP contribution < -0.4 is 0 Å². The number of unbranched alkanes of at least 4 members (excludes halogenated alkanes) is 33. The molecule has 0 saturated carbocycles. The Hall–Kier alpha value is -1.59. The molecular formula is C56H108O6. The van der Waals surface area contributed by atoms with Crippen LogP contribution in [0.2, 0.25) is 0 Å². The van der Waals surface area contributed by atoms with Crippen molar-refractivity contribution in [2.24, 2.45) is 11.8 Å². The van der Waals surface area contributed by atoms with Gasteiger partial charge in [-0.15, -0.1) is 0 Å². The second-order valence-corrected chi connectivity index (χ2v) is 19.7. The molecule has 0 saturated heterocycles. The van der Waals surface area contributed by atoms with Gasteiger partial charge in [0, 0.05) is 19.3 Å². The van der Waals surface area contributed by atoms with Crippen molar-refractivity contribution in [1.29, 1.82) is 0 Å². The third kappa shape index (κ3) is 46.4. The Morgan fingerprint density at radius 2 is 0.565 bits per heavy atom. The fourth-order valence-corrected chi connectivity index (χ4v) is 8.46. The van der Waals surface area contributed by atoms with Gasteiger partial charge in [0.05, 0.1) is 0 Å². The zero-order valence-corrected chi connectivity index (χ0v) is 42.5. The Balaban J connectivity index is 4.27. The summed E-state index contributed by atoms with van der Waals surface area (Å²) in [5.74, 6) is 0.862. The molecule has 0 amide bonds. The molecule has 0 N–H and O–H groups in total. The molecule has 0 heterocycles. The van der Waals surface area contributed by atoms with E-state index in [2.05, 4.69) is 34.6 Å². The summed E-state index contributed by atoms with van der Waals surface area (Å²) in [6, 6.07) is 0. The Kier molecular flexibility index (Phi) is 47.6. The Morgan fingerprint density at radius 1 is 0.323 bits per heavy atom. The molecule has 6 heteroatoms. The van der Waals surface area contributed by atoms with Gasteiger partial charge in [-0.2, -0.15) is 0 Å². The third-order valence-corrected chi connectivity index (χ3v) is 13.4. The van der Waals surface area contributed by atoms with Crippen molar-refractivity contribution in [3.8, 4) is 0 Å². The highest BCUT2D eigenvalue weighted by atomic mass is 16.6. The maximum atomic E-state index is 12.8. The first kappa shape index (κ1) is 60.4. The third-order valence-electron chi connectivity index (χ3n) is 13.4. The molecule has 0 aliphatic heterocycles. The molecule has 0 bridgehead atoms. The minimum absolute atomic E-state index is 0.0637. The van der Waals surface area contributed by atoms with Crippen LogP contribution in [-0.4, -0.2) is 37.2 Å². The molecular weight excluding hydrogens is 769 g/mol. The van der Waals surface area contributed by atoms with Crippen molar-refractivity contribution >= 4 is 17.9 Å². The van der Waals surface area contributed by atoms with E-state index in [0.717, 1.165) is 69.6 Å². The maximum absolute atomic E-state index is 12.8. The second kappa shape index (κ2) is 48.9. The van der Waals surface area contributed by atoms with Crippen LogP contribution in [0.3, 0.4) is 0 Å². The number of carbonyl (C=O) groups excluding carboxylic acids is 3. The number of carbonyl (C=O) groups is 3. The molecule has 3 atom stereocenters. The zero-order valence-electron chi connectivity index (χ0n) is 42.5. The average molecular weight is 877 g/mol. The summed E-state index contributed by atoms with van der Waals surface area (Å²) in [7, 11) is 0. The molecule has 0 aromatic carbocycles. The van der Waals surface area contributed by atoms with Gasteiger partial charge in [0.2, 0.25) is 0 Å². The van der Waals surface area contributed by atoms with Gasteiger partial charge in [0.1, 0.15) is 13.2 Å². The van der Waals surface area contributed by atoms with Crippen LogP contribution in [0.5, 0.6) is 0 Å². The molecule has 0 aliphatic rings. The number of hydrogen-bond acceptors (Lipinski definition) is 6. The lowest BCUT2D eigenvalue weighted by atomic mass is 9.99. The van der Waals surface area contributed by atoms with Crippen molar-refractivity contribution in [3.05, 3.63) is 0 Å². The summed E-state index contributed by atoms with van der Waals surface area (Å²) in [4.78, 5) is 38.0. The number of esters is 3. The van der Waals surface area contributed by atoms with Gasteiger partial charge >= 0.3 is 17.9 Å². The van der Waals surface area contributed by atoms with Crippen LogP contribution in [0, 0.1) is 11.8 Å². The van der Waals surface area contributed by atoms with Crippen LogP contribution >= 0.6 is 0 Å². The van der Waals surface area contributed by atoms with Gasteiger partial charge in [-0.25, -0.2) is 0 Å². The molecule has 0 radical (unpaired) electrons. The van der Waals surface area contributed by atoms with Crippen LogP contribution in [0.4, 0.5) is 0 Å². The molecule has 0 aromatic heterocycles. The largest absolute Gasteiger partial charge is 0.462 e. The predicted octanol–water partition coefficient (Wildman–Crippen LogP) is 18.1. The van der Waals surface area contributed by atoms with Crippen molar-refractivity contribution in [1.82, 2.24) is 0 Å². The smallest absolute Gasteiger partial charge is 0.306 e. The Labute approximate surface area is 387 Å². The summed E-state index contributed by atoms with van der Waals surface area (Å²) < 4.78 is 16.8. The summed E-state index contributed by atoms with van der Waals surface area (Å²) >= 11 is 0. The van der Waals surface area contributed by atoms with E-state index in [0.29, 0.717) is 19.3 Å². The molecule has 62 heavy (non-hydrogen) atoms. The van der Waals surface area contributed by atoms with Crippen LogP contribution in [0.1, 0.15) is 311 Å². The zero-order chi connectivity index (χ0) is 45.4. The van der Waals surface area contributed by atoms with E-state index in [9.17, 15) is 14.4 Å². The Morgan fingerprint density at radius 3 is 0.839 bits per heavy atom. The molecule has 368 valence electrons. The molecule has 0 aromatic rings. The Bertz CT molecular complexity index is 951. The quantitative estimate of drug-likeness (QED) is 0.0344. The van der Waals surface area contributed by atoms with Crippen molar-refractivity contribution in [2.75, 3.05) is 13.2 Å². The van der Waals surface area contributed by atoms with Gasteiger partial charge in [-0.1, -0.05) is 272 Å². The van der Waals surface area contributed by atoms with Gasteiger partial charge < -0.3 is 14.2 Å². The lowest BCUT2D eigenvalue weighted by Crippen LogP contribution is -2.30. The lowest BCUT2D eigenvalue weighted by molar-refractivity contribution is -0.167. The highest BCUT2D eigenvalue weighted by Gasteiger charge is 2.19. The normalized spacial score (nSPS) is 12.9. The van der Waals surface area contributed by atoms with Crippen molar-refractivity contribution < 1.29 is 28.6 Å². The van der Waals surface area contributed by atoms with E-state index in [1.165, 1.54) is 199 Å². The highest BCUT2D eigenvalue weighted by Crippen LogP contribution is 2.19. The minimum Gasteiger partial charge on any atom is -0.462 e. The van der Waals surface area contributed by atoms with E-state index in [1.54, 1.807) is 0 Å². The van der Waals surface area contributed by atoms with Gasteiger partial charge in [0.15, 0.2) is 6.10 Å². The number of ether oxygens (including phenoxy) is 3. The summed E-state index contributed by atoms with van der Waals surface area (Å²) in [6.45, 7) is 11.4. The van der Waals surface area contributed by atoms with E-state index >= 15 is 0 Å².